The smallest absolute Gasteiger partial charge is 0.0699 e. The van der Waals surface area contributed by atoms with E-state index in [9.17, 15) is 0 Å². The molecule has 2 N–H and O–H groups in total. The normalized spacial score (nSPS) is 13.2. The molecule has 1 heterocycles. The molecule has 0 aromatic heterocycles. The van der Waals surface area contributed by atoms with Gasteiger partial charge in [0.1, 0.15) is 0 Å². The molecular formula is C8H7N2. The van der Waals surface area contributed by atoms with Gasteiger partial charge in [0.05, 0.1) is 11.4 Å². The summed E-state index contributed by atoms with van der Waals surface area (Å²) in [4.78, 5) is 0. The second kappa shape index (κ2) is 2.06. The van der Waals surface area contributed by atoms with Gasteiger partial charge < -0.3 is 10.6 Å². The number of hydrogen-bond acceptors (Lipinski definition) is 2. The summed E-state index contributed by atoms with van der Waals surface area (Å²) in [5, 5.41) is 6.15. The fraction of sp³-hybridized carbons (Fsp3) is 0. The molecule has 0 amide bonds. The quantitative estimate of drug-likeness (QED) is 0.561. The number of para-hydroxylation sites is 1. The minimum Gasteiger partial charge on any atom is -0.359 e. The van der Waals surface area contributed by atoms with E-state index in [1.54, 1.807) is 0 Å². The van der Waals surface area contributed by atoms with E-state index in [0.29, 0.717) is 0 Å². The van der Waals surface area contributed by atoms with Gasteiger partial charge in [0.15, 0.2) is 0 Å². The summed E-state index contributed by atoms with van der Waals surface area (Å²) >= 11 is 0. The lowest BCUT2D eigenvalue weighted by atomic mass is 10.2. The first kappa shape index (κ1) is 5.35. The van der Waals surface area contributed by atoms with Gasteiger partial charge in [-0.25, -0.2) is 0 Å². The van der Waals surface area contributed by atoms with Gasteiger partial charge in [0, 0.05) is 18.5 Å². The molecule has 0 saturated carbocycles. The maximum atomic E-state index is 3.09. The average Bonchev–Trinajstić information content (AvgIpc) is 2.05. The van der Waals surface area contributed by atoms with Crippen LogP contribution < -0.4 is 10.6 Å². The van der Waals surface area contributed by atoms with E-state index in [-0.39, 0.29) is 0 Å². The van der Waals surface area contributed by atoms with Crippen LogP contribution >= 0.6 is 0 Å². The summed E-state index contributed by atoms with van der Waals surface area (Å²) in [6.45, 7) is 0. The summed E-state index contributed by atoms with van der Waals surface area (Å²) in [5.41, 5.74) is 2.08. The van der Waals surface area contributed by atoms with E-state index in [4.69, 9.17) is 0 Å². The number of fused-ring (bicyclic) bond motifs is 1. The zero-order chi connectivity index (χ0) is 6.81. The number of benzene rings is 1. The molecule has 1 aliphatic rings. The largest absolute Gasteiger partial charge is 0.359 e. The molecule has 0 aliphatic carbocycles. The van der Waals surface area contributed by atoms with Gasteiger partial charge >= 0.3 is 0 Å². The van der Waals surface area contributed by atoms with Crippen LogP contribution in [0.1, 0.15) is 0 Å². The van der Waals surface area contributed by atoms with E-state index in [1.807, 2.05) is 30.6 Å². The molecule has 1 aromatic rings. The highest BCUT2D eigenvalue weighted by Crippen LogP contribution is 2.22. The zero-order valence-corrected chi connectivity index (χ0v) is 5.39. The van der Waals surface area contributed by atoms with E-state index in [0.717, 1.165) is 11.4 Å². The highest BCUT2D eigenvalue weighted by Gasteiger charge is 1.99. The van der Waals surface area contributed by atoms with Gasteiger partial charge in [-0.1, -0.05) is 12.1 Å². The van der Waals surface area contributed by atoms with Crippen molar-refractivity contribution in [3.8, 4) is 0 Å². The van der Waals surface area contributed by atoms with Crippen LogP contribution in [-0.2, 0) is 0 Å². The maximum Gasteiger partial charge on any atom is 0.0699 e. The molecular weight excluding hydrogens is 124 g/mol. The Kier molecular flexibility index (Phi) is 1.10. The molecule has 10 heavy (non-hydrogen) atoms. The SMILES string of the molecule is [c]1cccc2c1NC=CN2. The number of anilines is 2. The van der Waals surface area contributed by atoms with Gasteiger partial charge in [-0.2, -0.15) is 0 Å². The van der Waals surface area contributed by atoms with Crippen molar-refractivity contribution >= 4 is 11.4 Å². The van der Waals surface area contributed by atoms with Gasteiger partial charge in [0.25, 0.3) is 0 Å². The Morgan fingerprint density at radius 1 is 1.20 bits per heavy atom. The molecule has 49 valence electrons. The Morgan fingerprint density at radius 2 is 2.10 bits per heavy atom. The third-order valence-corrected chi connectivity index (χ3v) is 1.41. The van der Waals surface area contributed by atoms with Crippen LogP contribution in [0.3, 0.4) is 0 Å². The lowest BCUT2D eigenvalue weighted by Gasteiger charge is -2.12. The van der Waals surface area contributed by atoms with Gasteiger partial charge in [-0.3, -0.25) is 0 Å². The van der Waals surface area contributed by atoms with Crippen LogP contribution in [-0.4, -0.2) is 0 Å². The lowest BCUT2D eigenvalue weighted by molar-refractivity contribution is 1.46. The van der Waals surface area contributed by atoms with E-state index in [1.165, 1.54) is 0 Å². The fourth-order valence-corrected chi connectivity index (χ4v) is 0.933. The van der Waals surface area contributed by atoms with Crippen LogP contribution in [0.2, 0.25) is 0 Å². The van der Waals surface area contributed by atoms with Crippen LogP contribution in [0.5, 0.6) is 0 Å². The topological polar surface area (TPSA) is 24.1 Å². The first-order valence-electron chi connectivity index (χ1n) is 3.15. The number of hydrogen-bond donors (Lipinski definition) is 2. The Morgan fingerprint density at radius 3 is 3.00 bits per heavy atom. The monoisotopic (exact) mass is 131 g/mol. The molecule has 0 bridgehead atoms. The van der Waals surface area contributed by atoms with Crippen LogP contribution in [0.4, 0.5) is 11.4 Å². The summed E-state index contributed by atoms with van der Waals surface area (Å²) in [6, 6.07) is 8.90. The highest BCUT2D eigenvalue weighted by atomic mass is 15.0. The molecule has 1 radical (unpaired) electrons. The predicted molar refractivity (Wildman–Crippen MR) is 41.7 cm³/mol. The molecule has 0 unspecified atom stereocenters. The van der Waals surface area contributed by atoms with E-state index < -0.39 is 0 Å². The van der Waals surface area contributed by atoms with Gasteiger partial charge in [-0.05, 0) is 6.07 Å². The third kappa shape index (κ3) is 0.739. The maximum absolute atomic E-state index is 3.09. The second-order valence-corrected chi connectivity index (χ2v) is 2.08. The molecule has 1 aliphatic heterocycles. The molecule has 2 nitrogen and oxygen atoms in total. The first-order valence-corrected chi connectivity index (χ1v) is 3.15. The zero-order valence-electron chi connectivity index (χ0n) is 5.39. The van der Waals surface area contributed by atoms with Crippen LogP contribution in [0.25, 0.3) is 0 Å². The fourth-order valence-electron chi connectivity index (χ4n) is 0.933. The Balaban J connectivity index is 2.47. The average molecular weight is 131 g/mol. The summed E-state index contributed by atoms with van der Waals surface area (Å²) in [7, 11) is 0. The van der Waals surface area contributed by atoms with Crippen molar-refractivity contribution in [2.24, 2.45) is 0 Å². The predicted octanol–water partition coefficient (Wildman–Crippen LogP) is 1.80. The summed E-state index contributed by atoms with van der Waals surface area (Å²) in [6.07, 6.45) is 3.70. The second-order valence-electron chi connectivity index (χ2n) is 2.08. The molecule has 0 fully saturated rings. The van der Waals surface area contributed by atoms with Crippen molar-refractivity contribution in [3.05, 3.63) is 36.7 Å². The number of rotatable bonds is 0. The molecule has 2 heteroatoms. The van der Waals surface area contributed by atoms with Crippen molar-refractivity contribution in [2.45, 2.75) is 0 Å². The first-order chi connectivity index (χ1) is 4.97. The van der Waals surface area contributed by atoms with Crippen molar-refractivity contribution in [2.75, 3.05) is 10.6 Å². The minimum absolute atomic E-state index is 1.00. The molecule has 0 saturated heterocycles. The summed E-state index contributed by atoms with van der Waals surface area (Å²) in [5.74, 6) is 0. The minimum atomic E-state index is 1.00. The highest BCUT2D eigenvalue weighted by molar-refractivity contribution is 5.71. The molecule has 0 spiro atoms. The van der Waals surface area contributed by atoms with Crippen molar-refractivity contribution in [1.82, 2.24) is 0 Å². The van der Waals surface area contributed by atoms with Crippen molar-refractivity contribution in [1.29, 1.82) is 0 Å². The van der Waals surface area contributed by atoms with Crippen molar-refractivity contribution in [3.63, 3.8) is 0 Å². The van der Waals surface area contributed by atoms with Crippen LogP contribution in [0.15, 0.2) is 30.6 Å². The van der Waals surface area contributed by atoms with Crippen molar-refractivity contribution < 1.29 is 0 Å². The Labute approximate surface area is 59.6 Å². The van der Waals surface area contributed by atoms with E-state index >= 15 is 0 Å². The van der Waals surface area contributed by atoms with Gasteiger partial charge in [0.2, 0.25) is 0 Å². The third-order valence-electron chi connectivity index (χ3n) is 1.41. The number of nitrogens with one attached hydrogen (secondary N) is 2. The molecule has 2 rings (SSSR count). The summed E-state index contributed by atoms with van der Waals surface area (Å²) < 4.78 is 0. The Bertz CT molecular complexity index is 239. The molecule has 0 atom stereocenters. The van der Waals surface area contributed by atoms with Crippen LogP contribution in [0, 0.1) is 6.07 Å². The van der Waals surface area contributed by atoms with Gasteiger partial charge in [-0.15, -0.1) is 0 Å². The standard InChI is InChI=1S/C8H7N2/c1-2-4-8-7(3-1)9-5-6-10-8/h1-3,5-6,9-10H. The Hall–Kier alpha value is -1.44. The van der Waals surface area contributed by atoms with E-state index in [2.05, 4.69) is 16.7 Å². The molecule has 1 aromatic carbocycles. The lowest BCUT2D eigenvalue weighted by Crippen LogP contribution is -2.01.